The minimum atomic E-state index is -1.34. The van der Waals surface area contributed by atoms with Crippen LogP contribution in [0.15, 0.2) is 22.1 Å². The molecule has 7 nitrogen and oxygen atoms in total. The summed E-state index contributed by atoms with van der Waals surface area (Å²) in [6.07, 6.45) is 1.56. The first kappa shape index (κ1) is 15.9. The Morgan fingerprint density at radius 3 is 2.96 bits per heavy atom. The number of aromatic nitrogens is 4. The second-order valence-electron chi connectivity index (χ2n) is 5.26. The smallest absolute Gasteiger partial charge is 0.197 e. The van der Waals surface area contributed by atoms with Crippen LogP contribution in [0, 0.1) is 0 Å². The average Bonchev–Trinajstić information content (AvgIpc) is 3.19. The predicted molar refractivity (Wildman–Crippen MR) is 94.2 cm³/mol. The van der Waals surface area contributed by atoms with Gasteiger partial charge < -0.3 is 14.6 Å². The number of imidazole rings is 1. The summed E-state index contributed by atoms with van der Waals surface area (Å²) in [6.45, 7) is 2.75. The zero-order valence-corrected chi connectivity index (χ0v) is 15.0. The maximum Gasteiger partial charge on any atom is 0.197 e. The maximum atomic E-state index is 12.5. The standard InChI is InChI=1S/C14H14ClN5O2S2/c15-9-5-16-12(19-13(9)20-1-3-22-4-2-20)8-24(21)14-17-10-6-23-7-11(10)18-14/h5-7H,1-4,8H2,(H,17,18). The molecule has 126 valence electrons. The van der Waals surface area contributed by atoms with Crippen molar-refractivity contribution in [2.24, 2.45) is 0 Å². The van der Waals surface area contributed by atoms with Gasteiger partial charge in [-0.15, -0.1) is 11.3 Å². The molecule has 3 aromatic heterocycles. The molecule has 1 aliphatic rings. The van der Waals surface area contributed by atoms with E-state index in [1.807, 2.05) is 10.8 Å². The molecule has 1 aliphatic heterocycles. The van der Waals surface area contributed by atoms with E-state index in [1.54, 1.807) is 17.5 Å². The van der Waals surface area contributed by atoms with Gasteiger partial charge in [-0.3, -0.25) is 4.21 Å². The van der Waals surface area contributed by atoms with E-state index in [9.17, 15) is 4.21 Å². The van der Waals surface area contributed by atoms with Gasteiger partial charge in [0.2, 0.25) is 0 Å². The fourth-order valence-corrected chi connectivity index (χ4v) is 4.31. The number of hydrogen-bond acceptors (Lipinski definition) is 7. The van der Waals surface area contributed by atoms with E-state index in [0.29, 0.717) is 35.0 Å². The van der Waals surface area contributed by atoms with E-state index >= 15 is 0 Å². The van der Waals surface area contributed by atoms with Crippen LogP contribution in [0.25, 0.3) is 11.0 Å². The van der Waals surface area contributed by atoms with Crippen LogP contribution in [0.4, 0.5) is 5.82 Å². The summed E-state index contributed by atoms with van der Waals surface area (Å²) >= 11 is 7.78. The minimum Gasteiger partial charge on any atom is -0.378 e. The lowest BCUT2D eigenvalue weighted by atomic mass is 10.4. The molecule has 1 unspecified atom stereocenters. The Hall–Kier alpha value is -1.55. The predicted octanol–water partition coefficient (Wildman–Crippen LogP) is 2.21. The Morgan fingerprint density at radius 1 is 1.33 bits per heavy atom. The summed E-state index contributed by atoms with van der Waals surface area (Å²) in [5.74, 6) is 1.34. The maximum absolute atomic E-state index is 12.5. The number of thiophene rings is 1. The minimum absolute atomic E-state index is 0.189. The van der Waals surface area contributed by atoms with E-state index < -0.39 is 10.8 Å². The number of nitrogens with one attached hydrogen (secondary N) is 1. The highest BCUT2D eigenvalue weighted by atomic mass is 35.5. The van der Waals surface area contributed by atoms with Gasteiger partial charge in [-0.05, 0) is 0 Å². The molecule has 0 saturated carbocycles. The summed E-state index contributed by atoms with van der Waals surface area (Å²) in [6, 6.07) is 0. The van der Waals surface area contributed by atoms with Crippen molar-refractivity contribution in [3.05, 3.63) is 27.8 Å². The van der Waals surface area contributed by atoms with Gasteiger partial charge in [-0.25, -0.2) is 15.0 Å². The van der Waals surface area contributed by atoms with Gasteiger partial charge in [0.05, 0.1) is 41.5 Å². The number of H-pyrrole nitrogens is 1. The molecule has 4 heterocycles. The second-order valence-corrected chi connectivity index (χ2v) is 7.78. The molecule has 0 aromatic carbocycles. The van der Waals surface area contributed by atoms with Crippen LogP contribution in [-0.2, 0) is 21.3 Å². The third-order valence-electron chi connectivity index (χ3n) is 3.67. The van der Waals surface area contributed by atoms with Gasteiger partial charge >= 0.3 is 0 Å². The van der Waals surface area contributed by atoms with Crippen molar-refractivity contribution < 1.29 is 8.95 Å². The molecule has 1 atom stereocenters. The van der Waals surface area contributed by atoms with Crippen LogP contribution >= 0.6 is 22.9 Å². The quantitative estimate of drug-likeness (QED) is 0.743. The first-order valence-corrected chi connectivity index (χ1v) is 9.99. The topological polar surface area (TPSA) is 84.0 Å². The molecule has 10 heteroatoms. The highest BCUT2D eigenvalue weighted by molar-refractivity contribution is 7.84. The van der Waals surface area contributed by atoms with Crippen molar-refractivity contribution >= 4 is 50.6 Å². The van der Waals surface area contributed by atoms with Crippen LogP contribution in [-0.4, -0.2) is 50.4 Å². The first-order valence-electron chi connectivity index (χ1n) is 7.35. The summed E-state index contributed by atoms with van der Waals surface area (Å²) in [5.41, 5.74) is 1.73. The van der Waals surface area contributed by atoms with Crippen molar-refractivity contribution in [1.29, 1.82) is 0 Å². The first-order chi connectivity index (χ1) is 11.7. The SMILES string of the molecule is O=S(Cc1ncc(Cl)c(N2CCOCC2)n1)c1nc2cscc2[nH]1. The lowest BCUT2D eigenvalue weighted by Gasteiger charge is -2.28. The molecule has 0 spiro atoms. The Balaban J connectivity index is 1.55. The number of anilines is 1. The van der Waals surface area contributed by atoms with Crippen molar-refractivity contribution in [1.82, 2.24) is 19.9 Å². The normalized spacial score (nSPS) is 16.6. The summed E-state index contributed by atoms with van der Waals surface area (Å²) in [4.78, 5) is 18.2. The van der Waals surface area contributed by atoms with Crippen LogP contribution in [0.5, 0.6) is 0 Å². The molecule has 1 N–H and O–H groups in total. The zero-order chi connectivity index (χ0) is 16.5. The number of fused-ring (bicyclic) bond motifs is 1. The summed E-state index contributed by atoms with van der Waals surface area (Å²) < 4.78 is 17.9. The van der Waals surface area contributed by atoms with Gasteiger partial charge in [0, 0.05) is 23.8 Å². The highest BCUT2D eigenvalue weighted by Crippen LogP contribution is 2.24. The van der Waals surface area contributed by atoms with Crippen LogP contribution in [0.3, 0.4) is 0 Å². The molecule has 1 saturated heterocycles. The lowest BCUT2D eigenvalue weighted by molar-refractivity contribution is 0.122. The summed E-state index contributed by atoms with van der Waals surface area (Å²) in [7, 11) is -1.34. The van der Waals surface area contributed by atoms with Crippen molar-refractivity contribution in [3.8, 4) is 0 Å². The Bertz CT molecular complexity index is 862. The molecular weight excluding hydrogens is 370 g/mol. The Morgan fingerprint density at radius 2 is 2.17 bits per heavy atom. The Kier molecular flexibility index (Phi) is 4.49. The monoisotopic (exact) mass is 383 g/mol. The van der Waals surface area contributed by atoms with Crippen LogP contribution < -0.4 is 4.90 Å². The number of ether oxygens (including phenoxy) is 1. The van der Waals surface area contributed by atoms with Crippen molar-refractivity contribution in [3.63, 3.8) is 0 Å². The molecular formula is C14H14ClN5O2S2. The third-order valence-corrected chi connectivity index (χ3v) is 5.81. The van der Waals surface area contributed by atoms with Gasteiger partial charge in [0.15, 0.2) is 11.0 Å². The van der Waals surface area contributed by atoms with Gasteiger partial charge in [0.25, 0.3) is 0 Å². The van der Waals surface area contributed by atoms with Gasteiger partial charge in [-0.2, -0.15) is 0 Å². The van der Waals surface area contributed by atoms with E-state index in [4.69, 9.17) is 16.3 Å². The number of rotatable bonds is 4. The third kappa shape index (κ3) is 3.16. The molecule has 3 aromatic rings. The number of aromatic amines is 1. The van der Waals surface area contributed by atoms with Crippen LogP contribution in [0.2, 0.25) is 5.02 Å². The van der Waals surface area contributed by atoms with E-state index in [-0.39, 0.29) is 5.75 Å². The van der Waals surface area contributed by atoms with Crippen LogP contribution in [0.1, 0.15) is 5.82 Å². The molecule has 4 rings (SSSR count). The number of hydrogen-bond donors (Lipinski definition) is 1. The molecule has 1 fully saturated rings. The Labute approximate surface area is 149 Å². The second kappa shape index (κ2) is 6.75. The molecule has 24 heavy (non-hydrogen) atoms. The average molecular weight is 384 g/mol. The molecule has 0 bridgehead atoms. The van der Waals surface area contributed by atoms with E-state index in [0.717, 1.165) is 24.1 Å². The van der Waals surface area contributed by atoms with E-state index in [1.165, 1.54) is 0 Å². The zero-order valence-electron chi connectivity index (χ0n) is 12.6. The number of morpholine rings is 1. The molecule has 0 radical (unpaired) electrons. The van der Waals surface area contributed by atoms with Crippen molar-refractivity contribution in [2.75, 3.05) is 31.2 Å². The lowest BCUT2D eigenvalue weighted by Crippen LogP contribution is -2.37. The number of halogens is 1. The van der Waals surface area contributed by atoms with Gasteiger partial charge in [0.1, 0.15) is 16.4 Å². The fourth-order valence-electron chi connectivity index (χ4n) is 2.48. The highest BCUT2D eigenvalue weighted by Gasteiger charge is 2.18. The van der Waals surface area contributed by atoms with Gasteiger partial charge in [-0.1, -0.05) is 11.6 Å². The fraction of sp³-hybridized carbons (Fsp3) is 0.357. The largest absolute Gasteiger partial charge is 0.378 e. The van der Waals surface area contributed by atoms with Crippen molar-refractivity contribution in [2.45, 2.75) is 10.9 Å². The molecule has 0 aliphatic carbocycles. The summed E-state index contributed by atoms with van der Waals surface area (Å²) in [5, 5.41) is 4.80. The number of nitrogens with zero attached hydrogens (tertiary/aromatic N) is 4. The van der Waals surface area contributed by atoms with E-state index in [2.05, 4.69) is 24.8 Å². The molecule has 0 amide bonds.